The maximum Gasteiger partial charge on any atom is 0.220 e. The smallest absolute Gasteiger partial charge is 0.220 e. The molecule has 1 aliphatic heterocycles. The molecule has 1 aromatic carbocycles. The molecule has 0 spiro atoms. The Balaban J connectivity index is 1.78. The standard InChI is InChI=1S/C16H16F2N2OS/c17-12-5-11(6-13(18)7-12)16-14(1-2-15(21)20-16)19-8-10-3-4-22-9-10/h3-7,9,14,16,19H,1-2,8H2,(H,20,21)/t14-,16+/m1/s1. The van der Waals surface area contributed by atoms with Gasteiger partial charge in [-0.1, -0.05) is 0 Å². The van der Waals surface area contributed by atoms with E-state index in [-0.39, 0.29) is 11.9 Å². The number of thiophene rings is 1. The first kappa shape index (κ1) is 15.1. The molecule has 1 aliphatic rings. The van der Waals surface area contributed by atoms with Crippen molar-refractivity contribution in [3.8, 4) is 0 Å². The molecule has 22 heavy (non-hydrogen) atoms. The number of carbonyl (C=O) groups excluding carboxylic acids is 1. The van der Waals surface area contributed by atoms with Crippen LogP contribution in [0.3, 0.4) is 0 Å². The van der Waals surface area contributed by atoms with Crippen LogP contribution in [0, 0.1) is 11.6 Å². The summed E-state index contributed by atoms with van der Waals surface area (Å²) in [7, 11) is 0. The molecule has 3 rings (SSSR count). The van der Waals surface area contributed by atoms with Crippen LogP contribution in [-0.2, 0) is 11.3 Å². The van der Waals surface area contributed by atoms with Gasteiger partial charge in [-0.25, -0.2) is 8.78 Å². The lowest BCUT2D eigenvalue weighted by Crippen LogP contribution is -2.48. The second-order valence-electron chi connectivity index (χ2n) is 5.41. The molecule has 2 N–H and O–H groups in total. The fourth-order valence-electron chi connectivity index (χ4n) is 2.73. The molecule has 0 bridgehead atoms. The molecule has 0 saturated carbocycles. The third-order valence-electron chi connectivity index (χ3n) is 3.79. The monoisotopic (exact) mass is 322 g/mol. The van der Waals surface area contributed by atoms with Crippen molar-refractivity contribution in [1.82, 2.24) is 10.6 Å². The van der Waals surface area contributed by atoms with Gasteiger partial charge in [0, 0.05) is 25.1 Å². The van der Waals surface area contributed by atoms with Gasteiger partial charge in [-0.15, -0.1) is 0 Å². The highest BCUT2D eigenvalue weighted by Crippen LogP contribution is 2.26. The summed E-state index contributed by atoms with van der Waals surface area (Å²) in [5.41, 5.74) is 1.61. The van der Waals surface area contributed by atoms with Crippen LogP contribution >= 0.6 is 11.3 Å². The van der Waals surface area contributed by atoms with Crippen molar-refractivity contribution < 1.29 is 13.6 Å². The normalized spacial score (nSPS) is 21.6. The number of rotatable bonds is 4. The van der Waals surface area contributed by atoms with Gasteiger partial charge in [-0.3, -0.25) is 4.79 Å². The summed E-state index contributed by atoms with van der Waals surface area (Å²) < 4.78 is 26.9. The van der Waals surface area contributed by atoms with Gasteiger partial charge in [0.05, 0.1) is 6.04 Å². The maximum atomic E-state index is 13.4. The van der Waals surface area contributed by atoms with Crippen LogP contribution in [0.2, 0.25) is 0 Å². The lowest BCUT2D eigenvalue weighted by atomic mass is 9.91. The number of piperidine rings is 1. The van der Waals surface area contributed by atoms with Crippen LogP contribution in [0.1, 0.15) is 30.0 Å². The number of carbonyl (C=O) groups is 1. The Hall–Kier alpha value is -1.79. The van der Waals surface area contributed by atoms with Gasteiger partial charge in [-0.05, 0) is 46.5 Å². The van der Waals surface area contributed by atoms with Gasteiger partial charge in [0.15, 0.2) is 0 Å². The van der Waals surface area contributed by atoms with E-state index in [1.165, 1.54) is 12.1 Å². The van der Waals surface area contributed by atoms with Crippen molar-refractivity contribution in [2.45, 2.75) is 31.5 Å². The summed E-state index contributed by atoms with van der Waals surface area (Å²) in [6.07, 6.45) is 1.05. The van der Waals surface area contributed by atoms with Crippen molar-refractivity contribution >= 4 is 17.2 Å². The molecule has 0 radical (unpaired) electrons. The number of hydrogen-bond acceptors (Lipinski definition) is 3. The Kier molecular flexibility index (Phi) is 4.49. The third kappa shape index (κ3) is 3.51. The summed E-state index contributed by atoms with van der Waals surface area (Å²) >= 11 is 1.62. The van der Waals surface area contributed by atoms with E-state index >= 15 is 0 Å². The Bertz CT molecular complexity index is 640. The lowest BCUT2D eigenvalue weighted by molar-refractivity contribution is -0.123. The van der Waals surface area contributed by atoms with E-state index in [1.807, 2.05) is 16.8 Å². The summed E-state index contributed by atoms with van der Waals surface area (Å²) in [6.45, 7) is 0.665. The van der Waals surface area contributed by atoms with Crippen molar-refractivity contribution in [2.24, 2.45) is 0 Å². The Labute approximate surface area is 131 Å². The highest BCUT2D eigenvalue weighted by atomic mass is 32.1. The minimum Gasteiger partial charge on any atom is -0.348 e. The van der Waals surface area contributed by atoms with Crippen LogP contribution in [-0.4, -0.2) is 11.9 Å². The molecule has 0 aliphatic carbocycles. The van der Waals surface area contributed by atoms with Crippen LogP contribution in [0.15, 0.2) is 35.0 Å². The third-order valence-corrected chi connectivity index (χ3v) is 4.53. The molecule has 1 saturated heterocycles. The van der Waals surface area contributed by atoms with Gasteiger partial charge in [0.25, 0.3) is 0 Å². The molecule has 2 atom stereocenters. The zero-order chi connectivity index (χ0) is 15.5. The fourth-order valence-corrected chi connectivity index (χ4v) is 3.40. The molecule has 6 heteroatoms. The maximum absolute atomic E-state index is 13.4. The number of nitrogens with one attached hydrogen (secondary N) is 2. The first-order valence-electron chi connectivity index (χ1n) is 7.11. The van der Waals surface area contributed by atoms with Gasteiger partial charge in [-0.2, -0.15) is 11.3 Å². The molecule has 1 amide bonds. The SMILES string of the molecule is O=C1CC[C@@H](NCc2ccsc2)[C@H](c2cc(F)cc(F)c2)N1. The minimum atomic E-state index is -0.633. The summed E-state index contributed by atoms with van der Waals surface area (Å²) in [6, 6.07) is 4.93. The number of hydrogen-bond donors (Lipinski definition) is 2. The second kappa shape index (κ2) is 6.54. The van der Waals surface area contributed by atoms with E-state index in [0.29, 0.717) is 24.9 Å². The number of benzene rings is 1. The van der Waals surface area contributed by atoms with Crippen molar-refractivity contribution in [3.05, 3.63) is 57.8 Å². The fraction of sp³-hybridized carbons (Fsp3) is 0.312. The molecule has 2 heterocycles. The van der Waals surface area contributed by atoms with Crippen molar-refractivity contribution in [1.29, 1.82) is 0 Å². The van der Waals surface area contributed by atoms with Crippen molar-refractivity contribution in [2.75, 3.05) is 0 Å². The molecule has 116 valence electrons. The van der Waals surface area contributed by atoms with Gasteiger partial charge in [0.2, 0.25) is 5.91 Å². The summed E-state index contributed by atoms with van der Waals surface area (Å²) in [4.78, 5) is 11.7. The number of halogens is 2. The lowest BCUT2D eigenvalue weighted by Gasteiger charge is -2.33. The Morgan fingerprint density at radius 1 is 1.27 bits per heavy atom. The van der Waals surface area contributed by atoms with E-state index < -0.39 is 17.7 Å². The highest BCUT2D eigenvalue weighted by Gasteiger charge is 2.30. The van der Waals surface area contributed by atoms with Crippen LogP contribution in [0.5, 0.6) is 0 Å². The molecular formula is C16H16F2N2OS. The molecule has 1 aromatic heterocycles. The van der Waals surface area contributed by atoms with E-state index in [9.17, 15) is 13.6 Å². The van der Waals surface area contributed by atoms with Crippen molar-refractivity contribution in [3.63, 3.8) is 0 Å². The average Bonchev–Trinajstić information content (AvgIpc) is 2.98. The predicted octanol–water partition coefficient (Wildman–Crippen LogP) is 3.14. The Morgan fingerprint density at radius 2 is 2.05 bits per heavy atom. The highest BCUT2D eigenvalue weighted by molar-refractivity contribution is 7.07. The van der Waals surface area contributed by atoms with E-state index in [2.05, 4.69) is 10.6 Å². The van der Waals surface area contributed by atoms with E-state index in [0.717, 1.165) is 11.6 Å². The molecular weight excluding hydrogens is 306 g/mol. The topological polar surface area (TPSA) is 41.1 Å². The van der Waals surface area contributed by atoms with Crippen LogP contribution in [0.4, 0.5) is 8.78 Å². The largest absolute Gasteiger partial charge is 0.348 e. The van der Waals surface area contributed by atoms with Gasteiger partial charge >= 0.3 is 0 Å². The van der Waals surface area contributed by atoms with Gasteiger partial charge < -0.3 is 10.6 Å². The Morgan fingerprint density at radius 3 is 2.73 bits per heavy atom. The zero-order valence-electron chi connectivity index (χ0n) is 11.8. The second-order valence-corrected chi connectivity index (χ2v) is 6.19. The molecule has 0 unspecified atom stereocenters. The first-order valence-corrected chi connectivity index (χ1v) is 8.06. The average molecular weight is 322 g/mol. The van der Waals surface area contributed by atoms with Crippen LogP contribution in [0.25, 0.3) is 0 Å². The molecule has 2 aromatic rings. The molecule has 3 nitrogen and oxygen atoms in total. The van der Waals surface area contributed by atoms with Crippen LogP contribution < -0.4 is 10.6 Å². The summed E-state index contributed by atoms with van der Waals surface area (Å²) in [5, 5.41) is 10.3. The zero-order valence-corrected chi connectivity index (χ0v) is 12.6. The van der Waals surface area contributed by atoms with Gasteiger partial charge in [0.1, 0.15) is 11.6 Å². The summed E-state index contributed by atoms with van der Waals surface area (Å²) in [5.74, 6) is -1.36. The first-order chi connectivity index (χ1) is 10.6. The quantitative estimate of drug-likeness (QED) is 0.908. The molecule has 1 fully saturated rings. The number of amides is 1. The van der Waals surface area contributed by atoms with E-state index in [4.69, 9.17) is 0 Å². The minimum absolute atomic E-state index is 0.0567. The van der Waals surface area contributed by atoms with E-state index in [1.54, 1.807) is 11.3 Å². The predicted molar refractivity (Wildman–Crippen MR) is 81.4 cm³/mol.